The van der Waals surface area contributed by atoms with Crippen molar-refractivity contribution in [3.8, 4) is 0 Å². The van der Waals surface area contributed by atoms with Gasteiger partial charge in [0.25, 0.3) is 0 Å². The van der Waals surface area contributed by atoms with Gasteiger partial charge in [0.05, 0.1) is 5.41 Å². The van der Waals surface area contributed by atoms with E-state index in [1.165, 1.54) is 0 Å². The lowest BCUT2D eigenvalue weighted by Crippen LogP contribution is -2.17. The van der Waals surface area contributed by atoms with Crippen molar-refractivity contribution in [1.29, 1.82) is 0 Å². The molecule has 0 amide bonds. The standard InChI is InChI=1S/C11H10BrClO/c1-7(14)11(4-5-11)9-3-2-8(13)6-10(9)12/h2-3,6H,4-5H2,1H3. The average molecular weight is 274 g/mol. The third kappa shape index (κ3) is 1.51. The summed E-state index contributed by atoms with van der Waals surface area (Å²) in [5, 5.41) is 0.694. The monoisotopic (exact) mass is 272 g/mol. The number of hydrogen-bond donors (Lipinski definition) is 0. The van der Waals surface area contributed by atoms with Gasteiger partial charge in [-0.25, -0.2) is 0 Å². The number of Topliss-reactive ketones (excluding diaryl/α,β-unsaturated/α-hetero) is 1. The molecule has 74 valence electrons. The summed E-state index contributed by atoms with van der Waals surface area (Å²) in [5.74, 6) is 0.250. The lowest BCUT2D eigenvalue weighted by Gasteiger charge is -2.13. The molecule has 3 heteroatoms. The minimum absolute atomic E-state index is 0.219. The van der Waals surface area contributed by atoms with Gasteiger partial charge in [0.15, 0.2) is 0 Å². The Labute approximate surface area is 96.6 Å². The van der Waals surface area contributed by atoms with E-state index in [2.05, 4.69) is 15.9 Å². The fourth-order valence-corrected chi connectivity index (χ4v) is 2.88. The van der Waals surface area contributed by atoms with Crippen LogP contribution in [0.5, 0.6) is 0 Å². The van der Waals surface area contributed by atoms with Gasteiger partial charge in [0, 0.05) is 9.50 Å². The predicted octanol–water partition coefficient (Wildman–Crippen LogP) is 3.72. The highest BCUT2D eigenvalue weighted by Crippen LogP contribution is 2.51. The normalized spacial score (nSPS) is 17.9. The zero-order chi connectivity index (χ0) is 10.3. The van der Waals surface area contributed by atoms with Crippen molar-refractivity contribution in [2.75, 3.05) is 0 Å². The number of carbonyl (C=O) groups is 1. The first-order chi connectivity index (χ1) is 6.56. The van der Waals surface area contributed by atoms with Crippen LogP contribution in [0.3, 0.4) is 0 Å². The maximum Gasteiger partial charge on any atom is 0.140 e. The van der Waals surface area contributed by atoms with Crippen LogP contribution < -0.4 is 0 Å². The van der Waals surface area contributed by atoms with Crippen molar-refractivity contribution in [3.63, 3.8) is 0 Å². The first-order valence-electron chi connectivity index (χ1n) is 4.53. The van der Waals surface area contributed by atoms with E-state index < -0.39 is 0 Å². The molecule has 1 aromatic rings. The van der Waals surface area contributed by atoms with Crippen LogP contribution >= 0.6 is 27.5 Å². The molecule has 0 radical (unpaired) electrons. The minimum Gasteiger partial charge on any atom is -0.299 e. The number of benzene rings is 1. The number of rotatable bonds is 2. The highest BCUT2D eigenvalue weighted by molar-refractivity contribution is 9.10. The Hall–Kier alpha value is -0.340. The Morgan fingerprint density at radius 2 is 2.14 bits per heavy atom. The molecule has 1 fully saturated rings. The molecule has 1 aromatic carbocycles. The van der Waals surface area contributed by atoms with E-state index in [0.717, 1.165) is 22.9 Å². The maximum atomic E-state index is 11.5. The van der Waals surface area contributed by atoms with Crippen molar-refractivity contribution in [2.24, 2.45) is 0 Å². The van der Waals surface area contributed by atoms with Gasteiger partial charge in [-0.2, -0.15) is 0 Å². The van der Waals surface area contributed by atoms with Crippen LogP contribution in [-0.2, 0) is 10.2 Å². The molecule has 0 N–H and O–H groups in total. The topological polar surface area (TPSA) is 17.1 Å². The van der Waals surface area contributed by atoms with Gasteiger partial charge in [-0.3, -0.25) is 4.79 Å². The van der Waals surface area contributed by atoms with Crippen LogP contribution in [0.15, 0.2) is 22.7 Å². The average Bonchev–Trinajstić information content (AvgIpc) is 2.84. The summed E-state index contributed by atoms with van der Waals surface area (Å²) < 4.78 is 0.942. The van der Waals surface area contributed by atoms with E-state index in [4.69, 9.17) is 11.6 Å². The molecule has 0 aliphatic heterocycles. The Morgan fingerprint density at radius 3 is 2.57 bits per heavy atom. The number of halogens is 2. The molecule has 0 heterocycles. The van der Waals surface area contributed by atoms with E-state index in [0.29, 0.717) is 5.02 Å². The highest BCUT2D eigenvalue weighted by Gasteiger charge is 2.49. The smallest absolute Gasteiger partial charge is 0.140 e. The molecule has 0 aromatic heterocycles. The van der Waals surface area contributed by atoms with Crippen molar-refractivity contribution in [3.05, 3.63) is 33.3 Å². The molecule has 0 saturated heterocycles. The summed E-state index contributed by atoms with van der Waals surface area (Å²) in [6.07, 6.45) is 1.92. The SMILES string of the molecule is CC(=O)C1(c2ccc(Cl)cc2Br)CC1. The van der Waals surface area contributed by atoms with Crippen LogP contribution in [0.4, 0.5) is 0 Å². The molecule has 14 heavy (non-hydrogen) atoms. The summed E-state index contributed by atoms with van der Waals surface area (Å²) in [6.45, 7) is 1.66. The Kier molecular flexibility index (Phi) is 2.44. The van der Waals surface area contributed by atoms with Gasteiger partial charge in [-0.1, -0.05) is 33.6 Å². The van der Waals surface area contributed by atoms with E-state index in [1.807, 2.05) is 18.2 Å². The van der Waals surface area contributed by atoms with E-state index in [-0.39, 0.29) is 11.2 Å². The van der Waals surface area contributed by atoms with Gasteiger partial charge < -0.3 is 0 Å². The van der Waals surface area contributed by atoms with E-state index >= 15 is 0 Å². The number of hydrogen-bond acceptors (Lipinski definition) is 1. The second kappa shape index (κ2) is 3.35. The summed E-state index contributed by atoms with van der Waals surface area (Å²) >= 11 is 9.31. The molecule has 1 aliphatic rings. The minimum atomic E-state index is -0.219. The van der Waals surface area contributed by atoms with Crippen molar-refractivity contribution >= 4 is 33.3 Å². The lowest BCUT2D eigenvalue weighted by atomic mass is 9.92. The molecule has 0 atom stereocenters. The van der Waals surface area contributed by atoms with Gasteiger partial charge in [-0.15, -0.1) is 0 Å². The summed E-state index contributed by atoms with van der Waals surface area (Å²) in [4.78, 5) is 11.5. The zero-order valence-electron chi connectivity index (χ0n) is 7.81. The van der Waals surface area contributed by atoms with Crippen LogP contribution in [0.2, 0.25) is 5.02 Å². The number of ketones is 1. The third-order valence-corrected chi connectivity index (χ3v) is 3.76. The van der Waals surface area contributed by atoms with Crippen LogP contribution in [-0.4, -0.2) is 5.78 Å². The largest absolute Gasteiger partial charge is 0.299 e. The second-order valence-corrected chi connectivity index (χ2v) is 5.05. The van der Waals surface area contributed by atoms with Gasteiger partial charge >= 0.3 is 0 Å². The maximum absolute atomic E-state index is 11.5. The second-order valence-electron chi connectivity index (χ2n) is 3.76. The molecule has 1 nitrogen and oxygen atoms in total. The van der Waals surface area contributed by atoms with Crippen LogP contribution in [0.25, 0.3) is 0 Å². The molecular formula is C11H10BrClO. The van der Waals surface area contributed by atoms with Gasteiger partial charge in [-0.05, 0) is 37.5 Å². The Bertz CT molecular complexity index is 396. The van der Waals surface area contributed by atoms with Crippen LogP contribution in [0, 0.1) is 0 Å². The predicted molar refractivity (Wildman–Crippen MR) is 60.7 cm³/mol. The molecular weight excluding hydrogens is 263 g/mol. The van der Waals surface area contributed by atoms with Crippen LogP contribution in [0.1, 0.15) is 25.3 Å². The van der Waals surface area contributed by atoms with Gasteiger partial charge in [0.1, 0.15) is 5.78 Å². The Morgan fingerprint density at radius 1 is 1.50 bits per heavy atom. The van der Waals surface area contributed by atoms with Crippen molar-refractivity contribution < 1.29 is 4.79 Å². The zero-order valence-corrected chi connectivity index (χ0v) is 10.2. The lowest BCUT2D eigenvalue weighted by molar-refractivity contribution is -0.119. The first-order valence-corrected chi connectivity index (χ1v) is 5.70. The molecule has 0 bridgehead atoms. The molecule has 1 aliphatic carbocycles. The van der Waals surface area contributed by atoms with Gasteiger partial charge in [0.2, 0.25) is 0 Å². The quantitative estimate of drug-likeness (QED) is 0.802. The molecule has 1 saturated carbocycles. The summed E-state index contributed by atoms with van der Waals surface area (Å²) in [7, 11) is 0. The summed E-state index contributed by atoms with van der Waals surface area (Å²) in [5.41, 5.74) is 0.859. The molecule has 2 rings (SSSR count). The fourth-order valence-electron chi connectivity index (χ4n) is 1.81. The molecule has 0 unspecified atom stereocenters. The molecule has 0 spiro atoms. The Balaban J connectivity index is 2.47. The summed E-state index contributed by atoms with van der Waals surface area (Å²) in [6, 6.07) is 5.63. The third-order valence-electron chi connectivity index (χ3n) is 2.87. The fraction of sp³-hybridized carbons (Fsp3) is 0.364. The highest BCUT2D eigenvalue weighted by atomic mass is 79.9. The van der Waals surface area contributed by atoms with Crippen molar-refractivity contribution in [2.45, 2.75) is 25.2 Å². The number of carbonyl (C=O) groups excluding carboxylic acids is 1. The first kappa shape index (κ1) is 10.2. The van der Waals surface area contributed by atoms with Crippen molar-refractivity contribution in [1.82, 2.24) is 0 Å². The van der Waals surface area contributed by atoms with E-state index in [1.54, 1.807) is 6.92 Å². The van der Waals surface area contributed by atoms with E-state index in [9.17, 15) is 4.79 Å².